The second-order valence-electron chi connectivity index (χ2n) is 7.62. The van der Waals surface area contributed by atoms with Gasteiger partial charge in [-0.3, -0.25) is 4.79 Å². The molecule has 1 heterocycles. The number of methoxy groups -OCH3 is 1. The van der Waals surface area contributed by atoms with Gasteiger partial charge in [-0.25, -0.2) is 0 Å². The third-order valence-corrected chi connectivity index (χ3v) is 5.06. The number of allylic oxidation sites excluding steroid dienone is 4. The van der Waals surface area contributed by atoms with Crippen molar-refractivity contribution in [2.24, 2.45) is 0 Å². The van der Waals surface area contributed by atoms with Crippen LogP contribution >= 0.6 is 0 Å². The summed E-state index contributed by atoms with van der Waals surface area (Å²) in [5.74, 6) is -0.511. The highest BCUT2D eigenvalue weighted by Crippen LogP contribution is 2.38. The first-order chi connectivity index (χ1) is 14.2. The van der Waals surface area contributed by atoms with E-state index in [-0.39, 0.29) is 56.9 Å². The fourth-order valence-corrected chi connectivity index (χ4v) is 3.37. The number of phenols is 3. The fraction of sp³-hybridized carbons (Fsp3) is 0.292. The smallest absolute Gasteiger partial charge is 0.204 e. The van der Waals surface area contributed by atoms with E-state index in [1.807, 2.05) is 13.0 Å². The minimum absolute atomic E-state index is 0.0152. The number of aromatic hydroxyl groups is 3. The lowest BCUT2D eigenvalue weighted by Gasteiger charge is -2.11. The van der Waals surface area contributed by atoms with Crippen molar-refractivity contribution in [1.82, 2.24) is 0 Å². The van der Waals surface area contributed by atoms with Crippen molar-refractivity contribution in [2.45, 2.75) is 40.0 Å². The molecule has 0 saturated carbocycles. The molecule has 1 aromatic heterocycles. The van der Waals surface area contributed by atoms with E-state index in [1.54, 1.807) is 0 Å². The number of hydrogen-bond donors (Lipinski definition) is 3. The van der Waals surface area contributed by atoms with Crippen LogP contribution in [-0.4, -0.2) is 22.4 Å². The van der Waals surface area contributed by atoms with E-state index in [1.165, 1.54) is 30.9 Å². The molecule has 30 heavy (non-hydrogen) atoms. The second-order valence-corrected chi connectivity index (χ2v) is 7.62. The predicted molar refractivity (Wildman–Crippen MR) is 118 cm³/mol. The van der Waals surface area contributed by atoms with E-state index in [2.05, 4.69) is 19.9 Å². The van der Waals surface area contributed by atoms with Gasteiger partial charge in [-0.2, -0.15) is 0 Å². The molecule has 3 aromatic rings. The zero-order valence-corrected chi connectivity index (χ0v) is 17.6. The molecule has 0 bridgehead atoms. The second kappa shape index (κ2) is 8.53. The van der Waals surface area contributed by atoms with Crippen LogP contribution in [-0.2, 0) is 6.42 Å². The van der Waals surface area contributed by atoms with Crippen LogP contribution in [0.1, 0.15) is 39.2 Å². The average molecular weight is 410 g/mol. The molecule has 6 nitrogen and oxygen atoms in total. The monoisotopic (exact) mass is 410 g/mol. The van der Waals surface area contributed by atoms with E-state index in [9.17, 15) is 20.1 Å². The molecular formula is C24H26O6. The Morgan fingerprint density at radius 3 is 2.40 bits per heavy atom. The van der Waals surface area contributed by atoms with E-state index in [0.29, 0.717) is 0 Å². The summed E-state index contributed by atoms with van der Waals surface area (Å²) in [5, 5.41) is 31.3. The average Bonchev–Trinajstić information content (AvgIpc) is 2.66. The van der Waals surface area contributed by atoms with Crippen LogP contribution in [0.3, 0.4) is 0 Å². The summed E-state index contributed by atoms with van der Waals surface area (Å²) in [7, 11) is 1.38. The first-order valence-corrected chi connectivity index (χ1v) is 9.73. The molecule has 3 N–H and O–H groups in total. The summed E-state index contributed by atoms with van der Waals surface area (Å²) in [6.45, 7) is 6.10. The predicted octanol–water partition coefficient (Wildman–Crippen LogP) is 5.31. The maximum absolute atomic E-state index is 13.0. The van der Waals surface area contributed by atoms with Crippen LogP contribution in [0.4, 0.5) is 0 Å². The molecule has 0 saturated heterocycles. The maximum atomic E-state index is 13.0. The number of benzene rings is 2. The first-order valence-electron chi connectivity index (χ1n) is 9.73. The van der Waals surface area contributed by atoms with Gasteiger partial charge in [-0.05, 0) is 46.1 Å². The van der Waals surface area contributed by atoms with E-state index >= 15 is 0 Å². The summed E-state index contributed by atoms with van der Waals surface area (Å²) in [4.78, 5) is 13.0. The fourth-order valence-electron chi connectivity index (χ4n) is 3.37. The van der Waals surface area contributed by atoms with E-state index in [0.717, 1.165) is 18.4 Å². The van der Waals surface area contributed by atoms with Gasteiger partial charge in [0.1, 0.15) is 28.1 Å². The van der Waals surface area contributed by atoms with Crippen molar-refractivity contribution in [1.29, 1.82) is 0 Å². The lowest BCUT2D eigenvalue weighted by Crippen LogP contribution is -2.04. The molecule has 0 amide bonds. The molecule has 0 aliphatic rings. The summed E-state index contributed by atoms with van der Waals surface area (Å²) in [6.07, 6.45) is 6.17. The van der Waals surface area contributed by atoms with Crippen molar-refractivity contribution in [2.75, 3.05) is 7.11 Å². The van der Waals surface area contributed by atoms with Crippen molar-refractivity contribution in [3.05, 3.63) is 57.3 Å². The maximum Gasteiger partial charge on any atom is 0.204 e. The van der Waals surface area contributed by atoms with Gasteiger partial charge in [0.05, 0.1) is 12.5 Å². The molecule has 6 heteroatoms. The van der Waals surface area contributed by atoms with Crippen LogP contribution in [0.2, 0.25) is 0 Å². The molecule has 2 aromatic carbocycles. The van der Waals surface area contributed by atoms with Crippen LogP contribution < -0.4 is 10.2 Å². The Balaban J connectivity index is 2.08. The summed E-state index contributed by atoms with van der Waals surface area (Å²) < 4.78 is 10.7. The first kappa shape index (κ1) is 21.3. The van der Waals surface area contributed by atoms with Gasteiger partial charge in [-0.15, -0.1) is 0 Å². The van der Waals surface area contributed by atoms with Gasteiger partial charge in [0.2, 0.25) is 5.43 Å². The number of rotatable bonds is 6. The van der Waals surface area contributed by atoms with Crippen molar-refractivity contribution in [3.8, 4) is 23.0 Å². The molecule has 0 aliphatic heterocycles. The molecule has 0 aliphatic carbocycles. The van der Waals surface area contributed by atoms with E-state index in [4.69, 9.17) is 9.15 Å². The van der Waals surface area contributed by atoms with Gasteiger partial charge in [0.25, 0.3) is 0 Å². The highest BCUT2D eigenvalue weighted by Gasteiger charge is 2.19. The molecule has 158 valence electrons. The molecule has 3 rings (SSSR count). The quantitative estimate of drug-likeness (QED) is 0.376. The van der Waals surface area contributed by atoms with Gasteiger partial charge < -0.3 is 24.5 Å². The zero-order valence-electron chi connectivity index (χ0n) is 17.6. The van der Waals surface area contributed by atoms with Crippen molar-refractivity contribution < 1.29 is 24.5 Å². The van der Waals surface area contributed by atoms with Gasteiger partial charge in [0, 0.05) is 17.7 Å². The van der Waals surface area contributed by atoms with Crippen LogP contribution in [0.5, 0.6) is 23.0 Å². The number of phenolic OH excluding ortho intramolecular Hbond substituents is 3. The standard InChI is InChI=1S/C24H26O6/c1-13(2)6-5-7-14(3)8-9-15-17(25)11-21-22(23(15)27)24(28)16-10-20(29-4)18(26)12-19(16)30-21/h6,8,10-12,25-27H,5,7,9H2,1-4H3/b14-8+. The SMILES string of the molecule is COc1cc2c(=O)c3c(O)c(C/C=C(\C)CCC=C(C)C)c(O)cc3oc2cc1O. The lowest BCUT2D eigenvalue weighted by atomic mass is 10.0. The Morgan fingerprint density at radius 2 is 1.73 bits per heavy atom. The van der Waals surface area contributed by atoms with Gasteiger partial charge in [-0.1, -0.05) is 23.3 Å². The largest absolute Gasteiger partial charge is 0.507 e. The number of ether oxygens (including phenoxy) is 1. The normalized spacial score (nSPS) is 11.8. The molecular weight excluding hydrogens is 384 g/mol. The Labute approximate surface area is 174 Å². The van der Waals surface area contributed by atoms with Crippen LogP contribution in [0.15, 0.2) is 50.7 Å². The molecule has 0 atom stereocenters. The van der Waals surface area contributed by atoms with Gasteiger partial charge in [0.15, 0.2) is 11.5 Å². The third kappa shape index (κ3) is 4.13. The molecule has 0 spiro atoms. The summed E-state index contributed by atoms with van der Waals surface area (Å²) in [5.41, 5.74) is 2.36. The van der Waals surface area contributed by atoms with Crippen molar-refractivity contribution in [3.63, 3.8) is 0 Å². The zero-order chi connectivity index (χ0) is 22.0. The topological polar surface area (TPSA) is 100 Å². The van der Waals surface area contributed by atoms with Crippen LogP contribution in [0, 0.1) is 0 Å². The Kier molecular flexibility index (Phi) is 6.06. The molecule has 0 radical (unpaired) electrons. The third-order valence-electron chi connectivity index (χ3n) is 5.06. The Bertz CT molecular complexity index is 1230. The summed E-state index contributed by atoms with van der Waals surface area (Å²) in [6, 6.07) is 3.96. The summed E-state index contributed by atoms with van der Waals surface area (Å²) >= 11 is 0. The number of hydrogen-bond acceptors (Lipinski definition) is 6. The number of fused-ring (bicyclic) bond motifs is 2. The highest BCUT2D eigenvalue weighted by molar-refractivity contribution is 5.95. The van der Waals surface area contributed by atoms with Gasteiger partial charge >= 0.3 is 0 Å². The minimum atomic E-state index is -0.465. The van der Waals surface area contributed by atoms with E-state index < -0.39 is 5.43 Å². The highest BCUT2D eigenvalue weighted by atomic mass is 16.5. The lowest BCUT2D eigenvalue weighted by molar-refractivity contribution is 0.374. The molecule has 0 unspecified atom stereocenters. The van der Waals surface area contributed by atoms with Crippen molar-refractivity contribution >= 4 is 21.9 Å². The minimum Gasteiger partial charge on any atom is -0.507 e. The Morgan fingerprint density at radius 1 is 1.03 bits per heavy atom. The Hall–Kier alpha value is -3.41. The van der Waals surface area contributed by atoms with Crippen LogP contribution in [0.25, 0.3) is 21.9 Å². The molecule has 0 fully saturated rings.